The van der Waals surface area contributed by atoms with Crippen molar-refractivity contribution in [2.75, 3.05) is 11.6 Å². The van der Waals surface area contributed by atoms with Crippen molar-refractivity contribution in [1.82, 2.24) is 4.98 Å². The van der Waals surface area contributed by atoms with Crippen molar-refractivity contribution in [2.24, 2.45) is 5.41 Å². The van der Waals surface area contributed by atoms with Crippen molar-refractivity contribution >= 4 is 11.7 Å². The molecule has 0 atom stereocenters. The lowest BCUT2D eigenvalue weighted by Crippen LogP contribution is -2.32. The normalized spacial score (nSPS) is 14.6. The Labute approximate surface area is 99.4 Å². The van der Waals surface area contributed by atoms with E-state index >= 15 is 0 Å². The van der Waals surface area contributed by atoms with E-state index in [1.54, 1.807) is 38.1 Å². The van der Waals surface area contributed by atoms with Crippen LogP contribution in [0.3, 0.4) is 0 Å². The minimum absolute atomic E-state index is 0.132. The zero-order chi connectivity index (χ0) is 12.6. The molecule has 0 unspecified atom stereocenters. The van der Waals surface area contributed by atoms with Gasteiger partial charge in [-0.15, -0.1) is 0 Å². The minimum atomic E-state index is -0.537. The van der Waals surface area contributed by atoms with Gasteiger partial charge in [0.15, 0.2) is 0 Å². The molecule has 1 aromatic heterocycles. The molecule has 1 aromatic rings. The lowest BCUT2D eigenvalue weighted by molar-refractivity contribution is -0.154. The minimum Gasteiger partial charge on any atom is -0.340 e. The number of hydrogen-bond acceptors (Lipinski definition) is 4. The topological polar surface area (TPSA) is 62.4 Å². The Bertz CT molecular complexity index is 499. The molecular weight excluding hydrogens is 220 g/mol. The number of carbonyl (C=O) groups excluding carboxylic acids is 1. The third kappa shape index (κ3) is 2.33. The first-order chi connectivity index (χ1) is 7.88. The predicted molar refractivity (Wildman–Crippen MR) is 63.7 cm³/mol. The molecule has 2 heterocycles. The molecule has 92 valence electrons. The molecule has 0 aromatic carbocycles. The molecule has 0 radical (unpaired) electrons. The molecule has 0 fully saturated rings. The van der Waals surface area contributed by atoms with E-state index in [1.165, 1.54) is 0 Å². The van der Waals surface area contributed by atoms with E-state index in [1.807, 2.05) is 0 Å². The summed E-state index contributed by atoms with van der Waals surface area (Å²) in [7, 11) is 0. The molecule has 0 bridgehead atoms. The van der Waals surface area contributed by atoms with Gasteiger partial charge >= 0.3 is 5.97 Å². The highest BCUT2D eigenvalue weighted by Gasteiger charge is 2.29. The van der Waals surface area contributed by atoms with Crippen LogP contribution in [0.25, 0.3) is 0 Å². The number of anilines is 1. The van der Waals surface area contributed by atoms with E-state index in [0.717, 1.165) is 17.7 Å². The number of nitrogens with zero attached hydrogens (tertiary/aromatic N) is 1. The maximum absolute atomic E-state index is 11.8. The van der Waals surface area contributed by atoms with Crippen LogP contribution in [0.1, 0.15) is 26.3 Å². The first-order valence-electron chi connectivity index (χ1n) is 5.59. The molecule has 0 aliphatic carbocycles. The second kappa shape index (κ2) is 3.91. The molecule has 0 amide bonds. The number of aromatic nitrogens is 1. The Morgan fingerprint density at radius 1 is 1.47 bits per heavy atom. The van der Waals surface area contributed by atoms with Crippen molar-refractivity contribution in [3.63, 3.8) is 0 Å². The van der Waals surface area contributed by atoms with Gasteiger partial charge in [0.2, 0.25) is 5.56 Å². The molecule has 2 rings (SSSR count). The fourth-order valence-electron chi connectivity index (χ4n) is 1.61. The van der Waals surface area contributed by atoms with E-state index in [-0.39, 0.29) is 11.5 Å². The number of hydroxylamine groups is 1. The SMILES string of the molecule is CC(C)(C)C(=O)ON1CCc2cc(=O)[nH]cc21. The fourth-order valence-corrected chi connectivity index (χ4v) is 1.61. The molecule has 17 heavy (non-hydrogen) atoms. The van der Waals surface area contributed by atoms with Gasteiger partial charge < -0.3 is 9.82 Å². The first-order valence-corrected chi connectivity index (χ1v) is 5.59. The summed E-state index contributed by atoms with van der Waals surface area (Å²) in [5.74, 6) is -0.281. The Morgan fingerprint density at radius 3 is 2.82 bits per heavy atom. The number of aromatic amines is 1. The monoisotopic (exact) mass is 236 g/mol. The summed E-state index contributed by atoms with van der Waals surface area (Å²) in [5.41, 5.74) is 1.01. The van der Waals surface area contributed by atoms with Crippen LogP contribution in [0.2, 0.25) is 0 Å². The number of hydrogen-bond donors (Lipinski definition) is 1. The maximum atomic E-state index is 11.8. The standard InChI is InChI=1S/C12H16N2O3/c1-12(2,3)11(16)17-14-5-4-8-6-10(15)13-7-9(8)14/h6-7H,4-5H2,1-3H3,(H,13,15). The van der Waals surface area contributed by atoms with E-state index in [0.29, 0.717) is 6.54 Å². The van der Waals surface area contributed by atoms with Crippen molar-refractivity contribution in [2.45, 2.75) is 27.2 Å². The summed E-state index contributed by atoms with van der Waals surface area (Å²) in [6.07, 6.45) is 2.30. The number of nitrogens with one attached hydrogen (secondary N) is 1. The van der Waals surface area contributed by atoms with Crippen LogP contribution < -0.4 is 10.6 Å². The van der Waals surface area contributed by atoms with Crippen molar-refractivity contribution in [1.29, 1.82) is 0 Å². The van der Waals surface area contributed by atoms with Crippen LogP contribution in [0.4, 0.5) is 5.69 Å². The van der Waals surface area contributed by atoms with Gasteiger partial charge in [0.05, 0.1) is 17.6 Å². The number of carbonyl (C=O) groups is 1. The third-order valence-electron chi connectivity index (χ3n) is 2.64. The van der Waals surface area contributed by atoms with Gasteiger partial charge in [-0.1, -0.05) is 0 Å². The average Bonchev–Trinajstić information content (AvgIpc) is 2.59. The maximum Gasteiger partial charge on any atom is 0.337 e. The van der Waals surface area contributed by atoms with Gasteiger partial charge in [-0.3, -0.25) is 4.79 Å². The quantitative estimate of drug-likeness (QED) is 0.797. The predicted octanol–water partition coefficient (Wildman–Crippen LogP) is 1.24. The van der Waals surface area contributed by atoms with Crippen LogP contribution in [0.15, 0.2) is 17.1 Å². The zero-order valence-electron chi connectivity index (χ0n) is 10.2. The van der Waals surface area contributed by atoms with Gasteiger partial charge in [0, 0.05) is 12.3 Å². The summed E-state index contributed by atoms with van der Waals surface area (Å²) in [5, 5.41) is 1.54. The summed E-state index contributed by atoms with van der Waals surface area (Å²) in [6.45, 7) is 6.01. The molecule has 0 saturated heterocycles. The van der Waals surface area contributed by atoms with Gasteiger partial charge in [0.25, 0.3) is 0 Å². The lowest BCUT2D eigenvalue weighted by Gasteiger charge is -2.23. The molecule has 5 nitrogen and oxygen atoms in total. The van der Waals surface area contributed by atoms with Gasteiger partial charge in [-0.05, 0) is 32.8 Å². The average molecular weight is 236 g/mol. The van der Waals surface area contributed by atoms with Crippen molar-refractivity contribution in [3.8, 4) is 0 Å². The van der Waals surface area contributed by atoms with Gasteiger partial charge in [-0.25, -0.2) is 9.86 Å². The van der Waals surface area contributed by atoms with E-state index in [4.69, 9.17) is 4.84 Å². The third-order valence-corrected chi connectivity index (χ3v) is 2.64. The van der Waals surface area contributed by atoms with Crippen molar-refractivity contribution in [3.05, 3.63) is 28.2 Å². The number of pyridine rings is 1. The number of H-pyrrole nitrogens is 1. The highest BCUT2D eigenvalue weighted by molar-refractivity contribution is 5.77. The second-order valence-corrected chi connectivity index (χ2v) is 5.19. The summed E-state index contributed by atoms with van der Waals surface area (Å²) < 4.78 is 0. The van der Waals surface area contributed by atoms with E-state index in [9.17, 15) is 9.59 Å². The second-order valence-electron chi connectivity index (χ2n) is 5.19. The van der Waals surface area contributed by atoms with Gasteiger partial charge in [-0.2, -0.15) is 0 Å². The van der Waals surface area contributed by atoms with Crippen LogP contribution in [-0.4, -0.2) is 17.5 Å². The molecule has 0 saturated carbocycles. The van der Waals surface area contributed by atoms with E-state index in [2.05, 4.69) is 4.98 Å². The Hall–Kier alpha value is -1.78. The molecule has 1 N–H and O–H groups in total. The molecule has 1 aliphatic rings. The summed E-state index contributed by atoms with van der Waals surface area (Å²) >= 11 is 0. The smallest absolute Gasteiger partial charge is 0.337 e. The molecular formula is C12H16N2O3. The van der Waals surface area contributed by atoms with E-state index < -0.39 is 5.41 Å². The molecule has 0 spiro atoms. The molecule has 1 aliphatic heterocycles. The Balaban J connectivity index is 2.18. The molecule has 5 heteroatoms. The highest BCUT2D eigenvalue weighted by Crippen LogP contribution is 2.27. The van der Waals surface area contributed by atoms with Crippen LogP contribution in [-0.2, 0) is 16.1 Å². The largest absolute Gasteiger partial charge is 0.340 e. The van der Waals surface area contributed by atoms with Crippen LogP contribution in [0.5, 0.6) is 0 Å². The van der Waals surface area contributed by atoms with Crippen molar-refractivity contribution < 1.29 is 9.63 Å². The first kappa shape index (κ1) is 11.7. The van der Waals surface area contributed by atoms with Crippen LogP contribution >= 0.6 is 0 Å². The highest BCUT2D eigenvalue weighted by atomic mass is 16.7. The zero-order valence-corrected chi connectivity index (χ0v) is 10.2. The van der Waals surface area contributed by atoms with Gasteiger partial charge in [0.1, 0.15) is 0 Å². The number of rotatable bonds is 1. The number of fused-ring (bicyclic) bond motifs is 1. The Morgan fingerprint density at radius 2 is 2.18 bits per heavy atom. The fraction of sp³-hybridized carbons (Fsp3) is 0.500. The van der Waals surface area contributed by atoms with Crippen LogP contribution in [0, 0.1) is 5.41 Å². The Kier molecular flexibility index (Phi) is 2.69. The lowest BCUT2D eigenvalue weighted by atomic mass is 9.98. The summed E-state index contributed by atoms with van der Waals surface area (Å²) in [6, 6.07) is 1.54. The summed E-state index contributed by atoms with van der Waals surface area (Å²) in [4.78, 5) is 30.8.